The van der Waals surface area contributed by atoms with Gasteiger partial charge in [-0.05, 0) is 26.2 Å². The molecule has 0 spiro atoms. The third-order valence-corrected chi connectivity index (χ3v) is 1.02. The van der Waals surface area contributed by atoms with Crippen LogP contribution in [0.1, 0.15) is 12.8 Å². The molecular formula is C6H14BNO. The number of hydrogen-bond donors (Lipinski definition) is 2. The Morgan fingerprint density at radius 2 is 2.44 bits per heavy atom. The van der Waals surface area contributed by atoms with E-state index in [-0.39, 0.29) is 7.05 Å². The Balaban J connectivity index is 2.82. The van der Waals surface area contributed by atoms with Crippen LogP contribution in [-0.4, -0.2) is 18.6 Å². The minimum absolute atomic E-state index is 0.380. The van der Waals surface area contributed by atoms with E-state index in [0.717, 1.165) is 19.4 Å². The topological polar surface area (TPSA) is 32.3 Å². The Hall–Kier alpha value is -0.275. The van der Waals surface area contributed by atoms with Crippen molar-refractivity contribution in [3.63, 3.8) is 0 Å². The van der Waals surface area contributed by atoms with E-state index in [9.17, 15) is 0 Å². The third kappa shape index (κ3) is 7.72. The molecule has 2 nitrogen and oxygen atoms in total. The second kappa shape index (κ2) is 5.85. The van der Waals surface area contributed by atoms with Gasteiger partial charge in [0, 0.05) is 0 Å². The summed E-state index contributed by atoms with van der Waals surface area (Å²) >= 11 is 0. The van der Waals surface area contributed by atoms with Crippen molar-refractivity contribution in [1.29, 1.82) is 0 Å². The Morgan fingerprint density at radius 3 is 2.89 bits per heavy atom. The van der Waals surface area contributed by atoms with E-state index in [4.69, 9.17) is 5.02 Å². The molecule has 0 aliphatic rings. The van der Waals surface area contributed by atoms with Crippen molar-refractivity contribution in [3.05, 3.63) is 12.7 Å². The molecule has 0 aliphatic carbocycles. The van der Waals surface area contributed by atoms with E-state index in [1.807, 2.05) is 6.08 Å². The van der Waals surface area contributed by atoms with Gasteiger partial charge in [0.15, 0.2) is 0 Å². The molecule has 0 saturated carbocycles. The number of hydrogen-bond acceptors (Lipinski definition) is 2. The average molecular weight is 127 g/mol. The molecule has 0 aromatic carbocycles. The molecule has 52 valence electrons. The van der Waals surface area contributed by atoms with E-state index in [1.165, 1.54) is 0 Å². The molecule has 9 heavy (non-hydrogen) atoms. The molecule has 0 aromatic rings. The van der Waals surface area contributed by atoms with Crippen LogP contribution in [0.25, 0.3) is 0 Å². The van der Waals surface area contributed by atoms with Gasteiger partial charge in [-0.25, -0.2) is 0 Å². The second-order valence-electron chi connectivity index (χ2n) is 2.06. The highest BCUT2D eigenvalue weighted by molar-refractivity contribution is 6.45. The average Bonchev–Trinajstić information content (AvgIpc) is 1.80. The molecule has 0 saturated heterocycles. The van der Waals surface area contributed by atoms with Gasteiger partial charge < -0.3 is 10.3 Å². The second-order valence-corrected chi connectivity index (χ2v) is 2.06. The number of rotatable bonds is 5. The lowest BCUT2D eigenvalue weighted by Gasteiger charge is -2.00. The van der Waals surface area contributed by atoms with Gasteiger partial charge in [-0.1, -0.05) is 6.08 Å². The fourth-order valence-corrected chi connectivity index (χ4v) is 0.557. The molecule has 0 heterocycles. The number of nitrogens with one attached hydrogen (secondary N) is 1. The molecule has 2 N–H and O–H groups in total. The molecule has 0 bridgehead atoms. The zero-order chi connectivity index (χ0) is 7.11. The van der Waals surface area contributed by atoms with E-state index < -0.39 is 0 Å². The first-order chi connectivity index (χ1) is 4.27. The first kappa shape index (κ1) is 8.72. The predicted molar refractivity (Wildman–Crippen MR) is 41.3 cm³/mol. The third-order valence-electron chi connectivity index (χ3n) is 1.02. The maximum atomic E-state index is 8.71. The lowest BCUT2D eigenvalue weighted by molar-refractivity contribution is 0.551. The zero-order valence-corrected chi connectivity index (χ0v) is 5.93. The van der Waals surface area contributed by atoms with Crippen LogP contribution >= 0.6 is 0 Å². The maximum Gasteiger partial charge on any atom is 0.373 e. The lowest BCUT2D eigenvalue weighted by atomic mass is 9.89. The van der Waals surface area contributed by atoms with Crippen molar-refractivity contribution < 1.29 is 5.02 Å². The fraction of sp³-hybridized carbons (Fsp3) is 0.667. The Bertz CT molecular complexity index is 75.5. The van der Waals surface area contributed by atoms with Crippen molar-refractivity contribution >= 4 is 7.05 Å². The molecule has 0 amide bonds. The lowest BCUT2D eigenvalue weighted by Crippen LogP contribution is -2.31. The van der Waals surface area contributed by atoms with E-state index in [2.05, 4.69) is 11.8 Å². The van der Waals surface area contributed by atoms with Gasteiger partial charge in [-0.15, -0.1) is 6.58 Å². The van der Waals surface area contributed by atoms with Crippen LogP contribution in [0.15, 0.2) is 12.7 Å². The highest BCUT2D eigenvalue weighted by atomic mass is 16.2. The summed E-state index contributed by atoms with van der Waals surface area (Å²) in [7, 11) is -0.380. The molecule has 0 rings (SSSR count). The van der Waals surface area contributed by atoms with Crippen LogP contribution in [0.5, 0.6) is 0 Å². The smallest absolute Gasteiger partial charge is 0.373 e. The number of unbranched alkanes of at least 4 members (excludes halogenated alkanes) is 1. The highest BCUT2D eigenvalue weighted by Crippen LogP contribution is 1.85. The monoisotopic (exact) mass is 127 g/mol. The Labute approximate surface area is 57.1 Å². The van der Waals surface area contributed by atoms with Crippen LogP contribution in [0, 0.1) is 0 Å². The van der Waals surface area contributed by atoms with E-state index >= 15 is 0 Å². The Kier molecular flexibility index (Phi) is 5.68. The minimum Gasteiger partial charge on any atom is -0.437 e. The summed E-state index contributed by atoms with van der Waals surface area (Å²) in [5.41, 5.74) is 0. The van der Waals surface area contributed by atoms with Crippen LogP contribution < -0.4 is 5.23 Å². The van der Waals surface area contributed by atoms with Gasteiger partial charge >= 0.3 is 7.05 Å². The molecule has 0 aliphatic heterocycles. The zero-order valence-electron chi connectivity index (χ0n) is 5.93. The molecule has 0 aromatic heterocycles. The summed E-state index contributed by atoms with van der Waals surface area (Å²) in [6.07, 6.45) is 3.94. The highest BCUT2D eigenvalue weighted by Gasteiger charge is 1.97. The van der Waals surface area contributed by atoms with Crippen molar-refractivity contribution in [3.8, 4) is 0 Å². The van der Waals surface area contributed by atoms with Crippen LogP contribution in [0.3, 0.4) is 0 Å². The quantitative estimate of drug-likeness (QED) is 0.323. The summed E-state index contributed by atoms with van der Waals surface area (Å²) in [6, 6.07) is 0. The van der Waals surface area contributed by atoms with Gasteiger partial charge in [0.05, 0.1) is 0 Å². The van der Waals surface area contributed by atoms with Crippen molar-refractivity contribution in [2.24, 2.45) is 0 Å². The summed E-state index contributed by atoms with van der Waals surface area (Å²) in [4.78, 5) is 0. The van der Waals surface area contributed by atoms with Crippen molar-refractivity contribution in [1.82, 2.24) is 5.23 Å². The minimum atomic E-state index is -0.380. The molecule has 0 unspecified atom stereocenters. The first-order valence-electron chi connectivity index (χ1n) is 3.29. The molecular weight excluding hydrogens is 113 g/mol. The number of allylic oxidation sites excluding steroid dienone is 1. The van der Waals surface area contributed by atoms with Crippen LogP contribution in [-0.2, 0) is 0 Å². The standard InChI is InChI=1S/C6H14BNO/c1-3-4-5-6-8-7(2)9/h3,8-9H,1,4-6H2,2H3. The van der Waals surface area contributed by atoms with Crippen molar-refractivity contribution in [2.45, 2.75) is 19.7 Å². The normalized spacial score (nSPS) is 9.11. The van der Waals surface area contributed by atoms with Crippen LogP contribution in [0.2, 0.25) is 6.82 Å². The van der Waals surface area contributed by atoms with Gasteiger partial charge in [0.2, 0.25) is 0 Å². The van der Waals surface area contributed by atoms with Gasteiger partial charge in [0.25, 0.3) is 0 Å². The van der Waals surface area contributed by atoms with Gasteiger partial charge in [-0.2, -0.15) is 0 Å². The largest absolute Gasteiger partial charge is 0.437 e. The van der Waals surface area contributed by atoms with Gasteiger partial charge in [0.1, 0.15) is 0 Å². The van der Waals surface area contributed by atoms with Crippen molar-refractivity contribution in [2.75, 3.05) is 6.54 Å². The maximum absolute atomic E-state index is 8.71. The van der Waals surface area contributed by atoms with E-state index in [1.54, 1.807) is 6.82 Å². The molecule has 0 atom stereocenters. The Morgan fingerprint density at radius 1 is 1.78 bits per heavy atom. The summed E-state index contributed by atoms with van der Waals surface area (Å²) in [5.74, 6) is 0. The first-order valence-corrected chi connectivity index (χ1v) is 3.29. The molecule has 3 heteroatoms. The van der Waals surface area contributed by atoms with Crippen LogP contribution in [0.4, 0.5) is 0 Å². The predicted octanol–water partition coefficient (Wildman–Crippen LogP) is 0.652. The fourth-order valence-electron chi connectivity index (χ4n) is 0.557. The summed E-state index contributed by atoms with van der Waals surface area (Å²) in [5, 5.41) is 11.6. The SMILES string of the molecule is C=CCCCNB(C)O. The summed E-state index contributed by atoms with van der Waals surface area (Å²) < 4.78 is 0. The van der Waals surface area contributed by atoms with Gasteiger partial charge in [-0.3, -0.25) is 0 Å². The molecule has 0 radical (unpaired) electrons. The molecule has 0 fully saturated rings. The van der Waals surface area contributed by atoms with E-state index in [0.29, 0.717) is 0 Å². The summed E-state index contributed by atoms with van der Waals surface area (Å²) in [6.45, 7) is 6.17.